The minimum atomic E-state index is -1.47. The predicted octanol–water partition coefficient (Wildman–Crippen LogP) is 4.25. The Bertz CT molecular complexity index is 146. The number of hydrogen-bond donors (Lipinski definition) is 0. The zero-order valence-corrected chi connectivity index (χ0v) is 9.39. The highest BCUT2D eigenvalue weighted by atomic mass is 31.1. The first-order chi connectivity index (χ1) is 6.31. The van der Waals surface area contributed by atoms with E-state index >= 15 is 0 Å². The zero-order valence-electron chi connectivity index (χ0n) is 8.50. The van der Waals surface area contributed by atoms with Crippen molar-refractivity contribution in [1.29, 1.82) is 0 Å². The molecular weight excluding hydrogens is 183 g/mol. The first kappa shape index (κ1) is 12.6. The molecule has 0 aliphatic rings. The molecular formula is C10H20O2P+. The van der Waals surface area contributed by atoms with Crippen molar-refractivity contribution < 1.29 is 9.09 Å². The quantitative estimate of drug-likeness (QED) is 0.318. The van der Waals surface area contributed by atoms with Crippen LogP contribution in [-0.2, 0) is 9.09 Å². The highest BCUT2D eigenvalue weighted by Crippen LogP contribution is 2.24. The van der Waals surface area contributed by atoms with E-state index in [1.165, 1.54) is 38.4 Å². The van der Waals surface area contributed by atoms with E-state index in [1.807, 2.05) is 0 Å². The Kier molecular flexibility index (Phi) is 9.46. The van der Waals surface area contributed by atoms with Gasteiger partial charge in [0, 0.05) is 0 Å². The summed E-state index contributed by atoms with van der Waals surface area (Å²) >= 11 is 0. The SMILES string of the molecule is C=CO[P+](=O)CCCCCCCC. The van der Waals surface area contributed by atoms with Crippen LogP contribution in [0.1, 0.15) is 45.4 Å². The van der Waals surface area contributed by atoms with Crippen LogP contribution >= 0.6 is 8.03 Å². The largest absolute Gasteiger partial charge is 0.555 e. The van der Waals surface area contributed by atoms with E-state index in [1.54, 1.807) is 0 Å². The Labute approximate surface area is 82.2 Å². The Morgan fingerprint density at radius 2 is 1.85 bits per heavy atom. The molecule has 0 aliphatic carbocycles. The summed E-state index contributed by atoms with van der Waals surface area (Å²) in [5.41, 5.74) is 0. The van der Waals surface area contributed by atoms with Crippen LogP contribution in [0, 0.1) is 0 Å². The van der Waals surface area contributed by atoms with Crippen LogP contribution in [0.15, 0.2) is 12.8 Å². The van der Waals surface area contributed by atoms with Gasteiger partial charge in [-0.15, -0.1) is 0 Å². The molecule has 0 amide bonds. The van der Waals surface area contributed by atoms with Crippen LogP contribution in [-0.4, -0.2) is 6.16 Å². The van der Waals surface area contributed by atoms with Gasteiger partial charge in [0.25, 0.3) is 0 Å². The van der Waals surface area contributed by atoms with Gasteiger partial charge >= 0.3 is 8.03 Å². The van der Waals surface area contributed by atoms with Crippen molar-refractivity contribution in [3.05, 3.63) is 12.8 Å². The Balaban J connectivity index is 3.06. The van der Waals surface area contributed by atoms with E-state index < -0.39 is 8.03 Å². The summed E-state index contributed by atoms with van der Waals surface area (Å²) in [4.78, 5) is 0. The summed E-state index contributed by atoms with van der Waals surface area (Å²) in [5.74, 6) is 0. The van der Waals surface area contributed by atoms with Gasteiger partial charge in [-0.1, -0.05) is 39.2 Å². The van der Waals surface area contributed by atoms with E-state index in [0.29, 0.717) is 6.16 Å². The molecule has 0 heterocycles. The van der Waals surface area contributed by atoms with Crippen molar-refractivity contribution in [3.63, 3.8) is 0 Å². The fraction of sp³-hybridized carbons (Fsp3) is 0.800. The van der Waals surface area contributed by atoms with Crippen LogP contribution in [0.5, 0.6) is 0 Å². The van der Waals surface area contributed by atoms with E-state index in [2.05, 4.69) is 13.5 Å². The lowest BCUT2D eigenvalue weighted by atomic mass is 10.1. The Hall–Kier alpha value is -0.360. The van der Waals surface area contributed by atoms with Gasteiger partial charge in [-0.05, 0) is 17.4 Å². The van der Waals surface area contributed by atoms with Crippen molar-refractivity contribution in [2.24, 2.45) is 0 Å². The molecule has 2 nitrogen and oxygen atoms in total. The van der Waals surface area contributed by atoms with Gasteiger partial charge in [0.1, 0.15) is 6.26 Å². The maximum atomic E-state index is 11.0. The predicted molar refractivity (Wildman–Crippen MR) is 57.1 cm³/mol. The van der Waals surface area contributed by atoms with Gasteiger partial charge in [0.05, 0.1) is 0 Å². The van der Waals surface area contributed by atoms with Crippen LogP contribution in [0.4, 0.5) is 0 Å². The molecule has 1 atom stereocenters. The van der Waals surface area contributed by atoms with Crippen LogP contribution < -0.4 is 0 Å². The Morgan fingerprint density at radius 1 is 1.23 bits per heavy atom. The lowest BCUT2D eigenvalue weighted by Crippen LogP contribution is -1.82. The summed E-state index contributed by atoms with van der Waals surface area (Å²) in [6, 6.07) is 0. The minimum absolute atomic E-state index is 0.674. The second kappa shape index (κ2) is 9.73. The molecule has 0 bridgehead atoms. The van der Waals surface area contributed by atoms with Gasteiger partial charge in [0.2, 0.25) is 0 Å². The summed E-state index contributed by atoms with van der Waals surface area (Å²) in [6.07, 6.45) is 9.25. The number of rotatable bonds is 9. The molecule has 76 valence electrons. The molecule has 13 heavy (non-hydrogen) atoms. The Morgan fingerprint density at radius 3 is 2.46 bits per heavy atom. The third-order valence-corrected chi connectivity index (χ3v) is 2.95. The van der Waals surface area contributed by atoms with E-state index in [0.717, 1.165) is 6.42 Å². The first-order valence-corrected chi connectivity index (χ1v) is 6.40. The maximum Gasteiger partial charge on any atom is 0.555 e. The summed E-state index contributed by atoms with van der Waals surface area (Å²) < 4.78 is 15.7. The maximum absolute atomic E-state index is 11.0. The van der Waals surface area contributed by atoms with Crippen molar-refractivity contribution in [3.8, 4) is 0 Å². The molecule has 1 unspecified atom stereocenters. The highest BCUT2D eigenvalue weighted by molar-refractivity contribution is 7.39. The van der Waals surface area contributed by atoms with Crippen molar-refractivity contribution >= 4 is 8.03 Å². The number of hydrogen-bond acceptors (Lipinski definition) is 2. The van der Waals surface area contributed by atoms with Crippen LogP contribution in [0.25, 0.3) is 0 Å². The average Bonchev–Trinajstić information content (AvgIpc) is 2.11. The molecule has 3 heteroatoms. The molecule has 0 saturated carbocycles. The molecule has 0 fully saturated rings. The second-order valence-electron chi connectivity index (χ2n) is 3.10. The third-order valence-electron chi connectivity index (χ3n) is 1.89. The molecule has 0 aromatic carbocycles. The summed E-state index contributed by atoms with van der Waals surface area (Å²) in [6.45, 7) is 5.57. The van der Waals surface area contributed by atoms with Gasteiger partial charge in [-0.25, -0.2) is 0 Å². The van der Waals surface area contributed by atoms with Crippen LogP contribution in [0.2, 0.25) is 0 Å². The second-order valence-corrected chi connectivity index (χ2v) is 4.42. The fourth-order valence-electron chi connectivity index (χ4n) is 1.16. The normalized spacial score (nSPS) is 11.0. The lowest BCUT2D eigenvalue weighted by Gasteiger charge is -1.95. The van der Waals surface area contributed by atoms with Crippen molar-refractivity contribution in [2.75, 3.05) is 6.16 Å². The smallest absolute Gasteiger partial charge is 0.263 e. The van der Waals surface area contributed by atoms with E-state index in [-0.39, 0.29) is 0 Å². The fourth-order valence-corrected chi connectivity index (χ4v) is 1.91. The van der Waals surface area contributed by atoms with Gasteiger partial charge in [0.15, 0.2) is 6.16 Å². The average molecular weight is 203 g/mol. The van der Waals surface area contributed by atoms with E-state index in [4.69, 9.17) is 4.52 Å². The summed E-state index contributed by atoms with van der Waals surface area (Å²) in [7, 11) is -1.47. The molecule has 0 aromatic heterocycles. The molecule has 0 N–H and O–H groups in total. The van der Waals surface area contributed by atoms with Gasteiger partial charge < -0.3 is 0 Å². The molecule has 0 spiro atoms. The zero-order chi connectivity index (χ0) is 9.94. The highest BCUT2D eigenvalue weighted by Gasteiger charge is 2.13. The monoisotopic (exact) mass is 203 g/mol. The summed E-state index contributed by atoms with van der Waals surface area (Å²) in [5, 5.41) is 0. The minimum Gasteiger partial charge on any atom is -0.263 e. The third kappa shape index (κ3) is 9.55. The van der Waals surface area contributed by atoms with Crippen molar-refractivity contribution in [1.82, 2.24) is 0 Å². The van der Waals surface area contributed by atoms with Crippen LogP contribution in [0.3, 0.4) is 0 Å². The number of unbranched alkanes of at least 4 members (excludes halogenated alkanes) is 5. The standard InChI is InChI=1S/C10H20O2P/c1-3-5-6-7-8-9-10-13(11)12-4-2/h4H,2-3,5-10H2,1H3/q+1. The molecule has 0 saturated heterocycles. The topological polar surface area (TPSA) is 26.3 Å². The first-order valence-electron chi connectivity index (χ1n) is 5.03. The van der Waals surface area contributed by atoms with Crippen molar-refractivity contribution in [2.45, 2.75) is 45.4 Å². The van der Waals surface area contributed by atoms with Gasteiger partial charge in [-0.3, -0.25) is 4.52 Å². The molecule has 0 aromatic rings. The molecule has 0 radical (unpaired) electrons. The molecule has 0 aliphatic heterocycles. The van der Waals surface area contributed by atoms with E-state index in [9.17, 15) is 4.57 Å². The van der Waals surface area contributed by atoms with Gasteiger partial charge in [-0.2, -0.15) is 0 Å². The molecule has 0 rings (SSSR count). The lowest BCUT2D eigenvalue weighted by molar-refractivity contribution is 0.461.